The van der Waals surface area contributed by atoms with Crippen LogP contribution in [0.3, 0.4) is 0 Å². The molecular formula is C12H14FNO4. The molecule has 1 aromatic rings. The molecule has 0 fully saturated rings. The first-order chi connectivity index (χ1) is 8.54. The number of hydrogen-bond donors (Lipinski definition) is 3. The molecule has 0 aliphatic rings. The lowest BCUT2D eigenvalue weighted by Gasteiger charge is -2.12. The zero-order valence-corrected chi connectivity index (χ0v) is 9.60. The molecule has 0 aliphatic heterocycles. The molecular weight excluding hydrogens is 241 g/mol. The molecule has 5 nitrogen and oxygen atoms in total. The minimum Gasteiger partial charge on any atom is -0.481 e. The predicted molar refractivity (Wildman–Crippen MR) is 61.6 cm³/mol. The number of aliphatic hydroxyl groups is 1. The molecule has 18 heavy (non-hydrogen) atoms. The summed E-state index contributed by atoms with van der Waals surface area (Å²) in [5.74, 6) is -2.92. The Morgan fingerprint density at radius 3 is 2.56 bits per heavy atom. The molecule has 0 bridgehead atoms. The highest BCUT2D eigenvalue weighted by Crippen LogP contribution is 2.07. The number of aliphatic carboxylic acids is 1. The minimum atomic E-state index is -1.06. The van der Waals surface area contributed by atoms with Gasteiger partial charge in [0.15, 0.2) is 0 Å². The smallest absolute Gasteiger partial charge is 0.303 e. The van der Waals surface area contributed by atoms with Crippen molar-refractivity contribution in [2.75, 3.05) is 13.2 Å². The zero-order valence-electron chi connectivity index (χ0n) is 9.60. The number of carbonyl (C=O) groups is 2. The number of nitrogens with one attached hydrogen (secondary N) is 1. The van der Waals surface area contributed by atoms with Crippen LogP contribution < -0.4 is 5.32 Å². The van der Waals surface area contributed by atoms with Crippen molar-refractivity contribution in [2.24, 2.45) is 5.92 Å². The van der Waals surface area contributed by atoms with Gasteiger partial charge in [0.25, 0.3) is 5.91 Å². The first-order valence-corrected chi connectivity index (χ1v) is 5.40. The second-order valence-electron chi connectivity index (χ2n) is 3.84. The molecule has 1 unspecified atom stereocenters. The Morgan fingerprint density at radius 2 is 2.00 bits per heavy atom. The van der Waals surface area contributed by atoms with Crippen LogP contribution >= 0.6 is 0 Å². The quantitative estimate of drug-likeness (QED) is 0.696. The standard InChI is InChI=1S/C12H14FNO4/c13-10-4-2-1-3-9(10)12(18)14-6-8(7-15)5-11(16)17/h1-4,8,15H,5-7H2,(H,14,18)(H,16,17). The summed E-state index contributed by atoms with van der Waals surface area (Å²) in [6.07, 6.45) is -0.256. The van der Waals surface area contributed by atoms with Crippen molar-refractivity contribution in [3.63, 3.8) is 0 Å². The topological polar surface area (TPSA) is 86.6 Å². The van der Waals surface area contributed by atoms with Crippen LogP contribution in [0.4, 0.5) is 4.39 Å². The molecule has 98 valence electrons. The van der Waals surface area contributed by atoms with E-state index >= 15 is 0 Å². The highest BCUT2D eigenvalue weighted by Gasteiger charge is 2.15. The molecule has 1 aromatic carbocycles. The van der Waals surface area contributed by atoms with Gasteiger partial charge in [-0.2, -0.15) is 0 Å². The van der Waals surface area contributed by atoms with E-state index in [1.807, 2.05) is 0 Å². The number of hydrogen-bond acceptors (Lipinski definition) is 3. The lowest BCUT2D eigenvalue weighted by molar-refractivity contribution is -0.138. The lowest BCUT2D eigenvalue weighted by Crippen LogP contribution is -2.32. The zero-order chi connectivity index (χ0) is 13.5. The Kier molecular flexibility index (Phi) is 5.26. The Labute approximate surface area is 103 Å². The van der Waals surface area contributed by atoms with Crippen LogP contribution in [0, 0.1) is 11.7 Å². The van der Waals surface area contributed by atoms with E-state index < -0.39 is 23.6 Å². The largest absolute Gasteiger partial charge is 0.481 e. The number of carboxylic acid groups (broad SMARTS) is 1. The summed E-state index contributed by atoms with van der Waals surface area (Å²) in [4.78, 5) is 22.0. The van der Waals surface area contributed by atoms with Gasteiger partial charge in [0.05, 0.1) is 12.0 Å². The number of halogens is 1. The van der Waals surface area contributed by atoms with Gasteiger partial charge < -0.3 is 15.5 Å². The van der Waals surface area contributed by atoms with Crippen LogP contribution in [0.5, 0.6) is 0 Å². The van der Waals surface area contributed by atoms with E-state index in [1.54, 1.807) is 0 Å². The van der Waals surface area contributed by atoms with Gasteiger partial charge in [0, 0.05) is 19.1 Å². The fraction of sp³-hybridized carbons (Fsp3) is 0.333. The van der Waals surface area contributed by atoms with E-state index in [-0.39, 0.29) is 25.1 Å². The molecule has 3 N–H and O–H groups in total. The Hall–Kier alpha value is -1.95. The van der Waals surface area contributed by atoms with Gasteiger partial charge in [-0.3, -0.25) is 9.59 Å². The average Bonchev–Trinajstić information content (AvgIpc) is 2.34. The average molecular weight is 255 g/mol. The lowest BCUT2D eigenvalue weighted by atomic mass is 10.1. The van der Waals surface area contributed by atoms with Crippen molar-refractivity contribution < 1.29 is 24.2 Å². The maximum Gasteiger partial charge on any atom is 0.303 e. The summed E-state index contributed by atoms with van der Waals surface area (Å²) >= 11 is 0. The summed E-state index contributed by atoms with van der Waals surface area (Å²) in [5.41, 5.74) is -0.107. The van der Waals surface area contributed by atoms with Gasteiger partial charge in [-0.25, -0.2) is 4.39 Å². The van der Waals surface area contributed by atoms with Crippen LogP contribution in [0.25, 0.3) is 0 Å². The van der Waals surface area contributed by atoms with Crippen molar-refractivity contribution in [2.45, 2.75) is 6.42 Å². The summed E-state index contributed by atoms with van der Waals surface area (Å²) < 4.78 is 13.3. The van der Waals surface area contributed by atoms with Gasteiger partial charge in [0.1, 0.15) is 5.82 Å². The summed E-state index contributed by atoms with van der Waals surface area (Å²) in [6.45, 7) is -0.375. The maximum atomic E-state index is 13.3. The third-order valence-corrected chi connectivity index (χ3v) is 2.39. The number of aliphatic hydroxyl groups excluding tert-OH is 1. The van der Waals surface area contributed by atoms with E-state index in [0.717, 1.165) is 6.07 Å². The number of benzene rings is 1. The Bertz CT molecular complexity index is 436. The fourth-order valence-electron chi connectivity index (χ4n) is 1.43. The van der Waals surface area contributed by atoms with Crippen molar-refractivity contribution in [3.8, 4) is 0 Å². The van der Waals surface area contributed by atoms with Crippen molar-refractivity contribution in [3.05, 3.63) is 35.6 Å². The molecule has 0 aliphatic carbocycles. The number of carboxylic acids is 1. The van der Waals surface area contributed by atoms with Gasteiger partial charge in [-0.1, -0.05) is 12.1 Å². The number of carbonyl (C=O) groups excluding carboxylic acids is 1. The van der Waals surface area contributed by atoms with Crippen LogP contribution in [0.15, 0.2) is 24.3 Å². The van der Waals surface area contributed by atoms with E-state index in [1.165, 1.54) is 18.2 Å². The fourth-order valence-corrected chi connectivity index (χ4v) is 1.43. The van der Waals surface area contributed by atoms with E-state index in [0.29, 0.717) is 0 Å². The molecule has 0 aromatic heterocycles. The predicted octanol–water partition coefficient (Wildman–Crippen LogP) is 0.639. The number of amides is 1. The molecule has 1 atom stereocenters. The number of rotatable bonds is 6. The molecule has 0 radical (unpaired) electrons. The Morgan fingerprint density at radius 1 is 1.33 bits per heavy atom. The van der Waals surface area contributed by atoms with Crippen molar-refractivity contribution in [1.82, 2.24) is 5.32 Å². The summed E-state index contributed by atoms with van der Waals surface area (Å²) in [6, 6.07) is 5.48. The summed E-state index contributed by atoms with van der Waals surface area (Å²) in [7, 11) is 0. The summed E-state index contributed by atoms with van der Waals surface area (Å²) in [5, 5.41) is 19.9. The first-order valence-electron chi connectivity index (χ1n) is 5.40. The highest BCUT2D eigenvalue weighted by molar-refractivity contribution is 5.94. The van der Waals surface area contributed by atoms with Crippen LogP contribution in [0.1, 0.15) is 16.8 Å². The van der Waals surface area contributed by atoms with Crippen molar-refractivity contribution >= 4 is 11.9 Å². The molecule has 0 saturated heterocycles. The minimum absolute atomic E-state index is 0.0179. The van der Waals surface area contributed by atoms with Crippen LogP contribution in [-0.2, 0) is 4.79 Å². The van der Waals surface area contributed by atoms with Crippen LogP contribution in [-0.4, -0.2) is 35.2 Å². The molecule has 1 rings (SSSR count). The Balaban J connectivity index is 2.55. The maximum absolute atomic E-state index is 13.3. The monoisotopic (exact) mass is 255 g/mol. The third kappa shape index (κ3) is 4.14. The van der Waals surface area contributed by atoms with Gasteiger partial charge in [-0.05, 0) is 12.1 Å². The third-order valence-electron chi connectivity index (χ3n) is 2.39. The van der Waals surface area contributed by atoms with Gasteiger partial charge >= 0.3 is 5.97 Å². The van der Waals surface area contributed by atoms with Gasteiger partial charge in [0.2, 0.25) is 0 Å². The molecule has 0 heterocycles. The molecule has 6 heteroatoms. The second kappa shape index (κ2) is 6.70. The SMILES string of the molecule is O=C(O)CC(CO)CNC(=O)c1ccccc1F. The van der Waals surface area contributed by atoms with Crippen molar-refractivity contribution in [1.29, 1.82) is 0 Å². The normalized spacial score (nSPS) is 11.9. The highest BCUT2D eigenvalue weighted by atomic mass is 19.1. The first kappa shape index (κ1) is 14.1. The molecule has 1 amide bonds. The van der Waals surface area contributed by atoms with E-state index in [2.05, 4.69) is 5.32 Å². The molecule has 0 spiro atoms. The van der Waals surface area contributed by atoms with Crippen LogP contribution in [0.2, 0.25) is 0 Å². The van der Waals surface area contributed by atoms with E-state index in [9.17, 15) is 14.0 Å². The second-order valence-corrected chi connectivity index (χ2v) is 3.84. The van der Waals surface area contributed by atoms with Gasteiger partial charge in [-0.15, -0.1) is 0 Å². The molecule has 0 saturated carbocycles. The van der Waals surface area contributed by atoms with E-state index in [4.69, 9.17) is 10.2 Å².